The van der Waals surface area contributed by atoms with Crippen molar-refractivity contribution in [3.63, 3.8) is 0 Å². The van der Waals surface area contributed by atoms with E-state index in [9.17, 15) is 0 Å². The highest BCUT2D eigenvalue weighted by atomic mass is 16.5. The van der Waals surface area contributed by atoms with E-state index in [0.29, 0.717) is 5.41 Å². The average Bonchev–Trinajstić information content (AvgIpc) is 2.46. The van der Waals surface area contributed by atoms with Crippen LogP contribution >= 0.6 is 0 Å². The average molecular weight is 296 g/mol. The first-order valence-electron chi connectivity index (χ1n) is 9.31. The second-order valence-corrected chi connectivity index (χ2v) is 8.49. The molecule has 0 aromatic carbocycles. The second kappa shape index (κ2) is 7.97. The summed E-state index contributed by atoms with van der Waals surface area (Å²) < 4.78 is 5.54. The van der Waals surface area contributed by atoms with Crippen LogP contribution in [-0.2, 0) is 4.74 Å². The van der Waals surface area contributed by atoms with E-state index in [0.717, 1.165) is 37.0 Å². The summed E-state index contributed by atoms with van der Waals surface area (Å²) in [4.78, 5) is 0. The van der Waals surface area contributed by atoms with Gasteiger partial charge in [-0.15, -0.1) is 0 Å². The van der Waals surface area contributed by atoms with E-state index in [1.807, 2.05) is 0 Å². The van der Waals surface area contributed by atoms with Crippen molar-refractivity contribution >= 4 is 0 Å². The molecule has 1 heterocycles. The minimum absolute atomic E-state index is 0.476. The van der Waals surface area contributed by atoms with Crippen LogP contribution < -0.4 is 5.32 Å². The first kappa shape index (κ1) is 17.3. The Balaban J connectivity index is 1.94. The largest absolute Gasteiger partial charge is 0.381 e. The Hall–Kier alpha value is -0.0800. The van der Waals surface area contributed by atoms with Gasteiger partial charge in [-0.3, -0.25) is 0 Å². The van der Waals surface area contributed by atoms with E-state index in [1.165, 1.54) is 51.5 Å². The summed E-state index contributed by atoms with van der Waals surface area (Å²) in [6.07, 6.45) is 9.49. The summed E-state index contributed by atoms with van der Waals surface area (Å²) >= 11 is 0. The van der Waals surface area contributed by atoms with Crippen molar-refractivity contribution in [2.75, 3.05) is 19.8 Å². The maximum Gasteiger partial charge on any atom is 0.0468 e. The van der Waals surface area contributed by atoms with Crippen LogP contribution in [0.4, 0.5) is 0 Å². The van der Waals surface area contributed by atoms with Crippen LogP contribution in [0, 0.1) is 23.2 Å². The Kier molecular flexibility index (Phi) is 6.55. The van der Waals surface area contributed by atoms with Gasteiger partial charge in [0.2, 0.25) is 0 Å². The quantitative estimate of drug-likeness (QED) is 0.798. The van der Waals surface area contributed by atoms with Crippen molar-refractivity contribution in [3.05, 3.63) is 0 Å². The molecular formula is C19H37NO. The number of rotatable bonds is 5. The Morgan fingerprint density at radius 2 is 1.76 bits per heavy atom. The predicted octanol–water partition coefficient (Wildman–Crippen LogP) is 4.63. The van der Waals surface area contributed by atoms with Crippen molar-refractivity contribution < 1.29 is 4.74 Å². The third kappa shape index (κ3) is 5.25. The van der Waals surface area contributed by atoms with Crippen LogP contribution in [0.5, 0.6) is 0 Å². The molecule has 3 unspecified atom stereocenters. The first-order valence-corrected chi connectivity index (χ1v) is 9.31. The minimum Gasteiger partial charge on any atom is -0.381 e. The molecule has 1 saturated carbocycles. The normalized spacial score (nSPS) is 32.3. The van der Waals surface area contributed by atoms with E-state index in [4.69, 9.17) is 4.74 Å². The second-order valence-electron chi connectivity index (χ2n) is 8.49. The Morgan fingerprint density at radius 3 is 2.38 bits per heavy atom. The van der Waals surface area contributed by atoms with Gasteiger partial charge in [-0.1, -0.05) is 27.7 Å². The Morgan fingerprint density at radius 1 is 1.05 bits per heavy atom. The van der Waals surface area contributed by atoms with Gasteiger partial charge in [-0.05, 0) is 74.7 Å². The molecule has 0 aromatic rings. The van der Waals surface area contributed by atoms with Crippen molar-refractivity contribution in [2.24, 2.45) is 23.2 Å². The molecule has 2 nitrogen and oxygen atoms in total. The summed E-state index contributed by atoms with van der Waals surface area (Å²) in [6, 6.07) is 0.770. The summed E-state index contributed by atoms with van der Waals surface area (Å²) in [6.45, 7) is 12.8. The highest BCUT2D eigenvalue weighted by Crippen LogP contribution is 2.43. The molecule has 21 heavy (non-hydrogen) atoms. The molecule has 0 bridgehead atoms. The third-order valence-corrected chi connectivity index (χ3v) is 5.84. The van der Waals surface area contributed by atoms with Crippen molar-refractivity contribution in [2.45, 2.75) is 78.7 Å². The Bertz CT molecular complexity index is 290. The standard InChI is InChI=1S/C19H37NO/c1-5-10-20-18-7-6-17(19(2,3)4)14-16(18)13-15-8-11-21-12-9-15/h15-18,20H,5-14H2,1-4H3. The topological polar surface area (TPSA) is 21.3 Å². The number of nitrogens with one attached hydrogen (secondary N) is 1. The van der Waals surface area contributed by atoms with Crippen molar-refractivity contribution in [1.82, 2.24) is 5.32 Å². The van der Waals surface area contributed by atoms with Crippen LogP contribution in [0.15, 0.2) is 0 Å². The van der Waals surface area contributed by atoms with E-state index >= 15 is 0 Å². The fourth-order valence-corrected chi connectivity index (χ4v) is 4.32. The van der Waals surface area contributed by atoms with E-state index in [2.05, 4.69) is 33.0 Å². The number of ether oxygens (including phenoxy) is 1. The van der Waals surface area contributed by atoms with Gasteiger partial charge < -0.3 is 10.1 Å². The molecule has 0 aromatic heterocycles. The van der Waals surface area contributed by atoms with Gasteiger partial charge in [0.15, 0.2) is 0 Å². The van der Waals surface area contributed by atoms with Gasteiger partial charge in [0.1, 0.15) is 0 Å². The summed E-state index contributed by atoms with van der Waals surface area (Å²) in [5, 5.41) is 3.85. The molecule has 124 valence electrons. The molecular weight excluding hydrogens is 258 g/mol. The van der Waals surface area contributed by atoms with Gasteiger partial charge in [0.25, 0.3) is 0 Å². The van der Waals surface area contributed by atoms with Crippen LogP contribution in [0.2, 0.25) is 0 Å². The lowest BCUT2D eigenvalue weighted by Gasteiger charge is -2.43. The van der Waals surface area contributed by atoms with Crippen LogP contribution in [-0.4, -0.2) is 25.8 Å². The summed E-state index contributed by atoms with van der Waals surface area (Å²) in [5.41, 5.74) is 0.476. The van der Waals surface area contributed by atoms with E-state index in [1.54, 1.807) is 0 Å². The summed E-state index contributed by atoms with van der Waals surface area (Å²) in [5.74, 6) is 2.70. The van der Waals surface area contributed by atoms with Crippen molar-refractivity contribution in [3.8, 4) is 0 Å². The molecule has 3 atom stereocenters. The highest BCUT2D eigenvalue weighted by Gasteiger charge is 2.36. The molecule has 0 spiro atoms. The zero-order valence-electron chi connectivity index (χ0n) is 14.8. The van der Waals surface area contributed by atoms with Crippen LogP contribution in [0.25, 0.3) is 0 Å². The minimum atomic E-state index is 0.476. The molecule has 2 aliphatic rings. The lowest BCUT2D eigenvalue weighted by molar-refractivity contribution is 0.0424. The van der Waals surface area contributed by atoms with Gasteiger partial charge in [-0.2, -0.15) is 0 Å². The number of hydrogen-bond acceptors (Lipinski definition) is 2. The maximum atomic E-state index is 5.54. The maximum absolute atomic E-state index is 5.54. The van der Waals surface area contributed by atoms with Crippen LogP contribution in [0.1, 0.15) is 72.6 Å². The molecule has 1 aliphatic heterocycles. The van der Waals surface area contributed by atoms with E-state index < -0.39 is 0 Å². The molecule has 2 rings (SSSR count). The lowest BCUT2D eigenvalue weighted by Crippen LogP contribution is -2.44. The zero-order valence-corrected chi connectivity index (χ0v) is 14.8. The number of hydrogen-bond donors (Lipinski definition) is 1. The molecule has 1 aliphatic carbocycles. The summed E-state index contributed by atoms with van der Waals surface area (Å²) in [7, 11) is 0. The fraction of sp³-hybridized carbons (Fsp3) is 1.00. The van der Waals surface area contributed by atoms with Gasteiger partial charge in [0, 0.05) is 19.3 Å². The lowest BCUT2D eigenvalue weighted by atomic mass is 9.65. The molecule has 2 fully saturated rings. The zero-order chi connectivity index (χ0) is 15.3. The fourth-order valence-electron chi connectivity index (χ4n) is 4.32. The molecule has 1 N–H and O–H groups in total. The molecule has 0 amide bonds. The van der Waals surface area contributed by atoms with Gasteiger partial charge in [0.05, 0.1) is 0 Å². The molecule has 1 saturated heterocycles. The Labute approximate surface area is 132 Å². The predicted molar refractivity (Wildman–Crippen MR) is 90.5 cm³/mol. The third-order valence-electron chi connectivity index (χ3n) is 5.84. The molecule has 0 radical (unpaired) electrons. The van der Waals surface area contributed by atoms with Crippen molar-refractivity contribution in [1.29, 1.82) is 0 Å². The van der Waals surface area contributed by atoms with Crippen LogP contribution in [0.3, 0.4) is 0 Å². The monoisotopic (exact) mass is 295 g/mol. The highest BCUT2D eigenvalue weighted by molar-refractivity contribution is 4.90. The smallest absolute Gasteiger partial charge is 0.0468 e. The van der Waals surface area contributed by atoms with Gasteiger partial charge >= 0.3 is 0 Å². The molecule has 2 heteroatoms. The van der Waals surface area contributed by atoms with E-state index in [-0.39, 0.29) is 0 Å². The van der Waals surface area contributed by atoms with Gasteiger partial charge in [-0.25, -0.2) is 0 Å². The SMILES string of the molecule is CCCNC1CCC(C(C)(C)C)CC1CC1CCOCC1. The first-order chi connectivity index (χ1) is 10.0.